The summed E-state index contributed by atoms with van der Waals surface area (Å²) in [6, 6.07) is 8.63. The Kier molecular flexibility index (Phi) is 5.21. The molecule has 0 spiro atoms. The van der Waals surface area contributed by atoms with E-state index in [-0.39, 0.29) is 6.04 Å². The fourth-order valence-electron chi connectivity index (χ4n) is 1.28. The molecule has 13 heavy (non-hydrogen) atoms. The minimum absolute atomic E-state index is 0.158. The molecule has 0 saturated heterocycles. The average molecular weight is 300 g/mol. The molecule has 3 heteroatoms. The fraction of sp³-hybridized carbons (Fsp3) is 0.400. The van der Waals surface area contributed by atoms with E-state index in [0.717, 1.165) is 5.75 Å². The van der Waals surface area contributed by atoms with Crippen molar-refractivity contribution < 1.29 is 0 Å². The summed E-state index contributed by atoms with van der Waals surface area (Å²) in [5.74, 6) is 1.11. The van der Waals surface area contributed by atoms with Crippen LogP contribution in [0.5, 0.6) is 0 Å². The van der Waals surface area contributed by atoms with Crippen molar-refractivity contribution in [1.82, 2.24) is 0 Å². The van der Waals surface area contributed by atoms with Crippen LogP contribution in [0, 0.1) is 0 Å². The quantitative estimate of drug-likeness (QED) is 0.858. The fourth-order valence-corrected chi connectivity index (χ4v) is 2.89. The van der Waals surface area contributed by atoms with Crippen LogP contribution < -0.4 is 5.73 Å². The van der Waals surface area contributed by atoms with E-state index in [9.17, 15) is 0 Å². The van der Waals surface area contributed by atoms with Crippen LogP contribution in [0.25, 0.3) is 0 Å². The number of thioether (sulfide) groups is 1. The van der Waals surface area contributed by atoms with Gasteiger partial charge in [0.2, 0.25) is 0 Å². The Balaban J connectivity index is 2.78. The molecule has 1 unspecified atom stereocenters. The summed E-state index contributed by atoms with van der Waals surface area (Å²) in [5.41, 5.74) is 8.58. The van der Waals surface area contributed by atoms with E-state index in [1.165, 1.54) is 37.4 Å². The molecule has 1 nitrogen and oxygen atoms in total. The summed E-state index contributed by atoms with van der Waals surface area (Å²) in [6.45, 7) is 2.05. The maximum absolute atomic E-state index is 5.89. The van der Waals surface area contributed by atoms with Gasteiger partial charge in [-0.2, -0.15) is 0 Å². The van der Waals surface area contributed by atoms with Gasteiger partial charge in [0.1, 0.15) is 0 Å². The Hall–Kier alpha value is 0.329. The second kappa shape index (κ2) is 5.93. The van der Waals surface area contributed by atoms with Crippen molar-refractivity contribution in [3.63, 3.8) is 0 Å². The van der Waals surface area contributed by atoms with Gasteiger partial charge in [-0.3, -0.25) is 0 Å². The second-order valence-electron chi connectivity index (χ2n) is 3.00. The van der Waals surface area contributed by atoms with Crippen molar-refractivity contribution in [2.24, 2.45) is 5.73 Å². The van der Waals surface area contributed by atoms with Gasteiger partial charge in [-0.25, -0.2) is 0 Å². The topological polar surface area (TPSA) is 26.0 Å². The number of hydrogen-bond donors (Lipinski definition) is 1. The molecule has 0 aromatic heterocycles. The zero-order valence-corrected chi connectivity index (χ0v) is 12.0. The van der Waals surface area contributed by atoms with E-state index in [1.807, 2.05) is 18.7 Å². The minimum atomic E-state index is 0.158. The van der Waals surface area contributed by atoms with Crippen molar-refractivity contribution in [2.75, 3.05) is 3.77 Å². The van der Waals surface area contributed by atoms with Gasteiger partial charge in [0, 0.05) is 0 Å². The SMILES string of the molecule is CC(N)c1ccccc1CS[CH2][SnH]. The van der Waals surface area contributed by atoms with Crippen molar-refractivity contribution in [1.29, 1.82) is 0 Å². The Morgan fingerprint density at radius 2 is 2.15 bits per heavy atom. The Bertz CT molecular complexity index is 263. The summed E-state index contributed by atoms with van der Waals surface area (Å²) in [7, 11) is 0. The van der Waals surface area contributed by atoms with E-state index in [2.05, 4.69) is 24.3 Å². The van der Waals surface area contributed by atoms with Crippen LogP contribution in [0.15, 0.2) is 24.3 Å². The molecule has 0 aliphatic rings. The van der Waals surface area contributed by atoms with Crippen LogP contribution in [0.2, 0.25) is 0 Å². The summed E-state index contributed by atoms with van der Waals surface area (Å²) in [6.07, 6.45) is 0. The standard InChI is InChI=1S/C10H14NS.Sn.H/c1-8(11)10-6-4-3-5-9(10)7-12-2;;/h3-6,8H,2,7,11H2,1H3;;. The first kappa shape index (κ1) is 11.4. The van der Waals surface area contributed by atoms with Gasteiger partial charge in [0.15, 0.2) is 0 Å². The summed E-state index contributed by atoms with van der Waals surface area (Å²) in [5, 5.41) is 0. The third-order valence-corrected chi connectivity index (χ3v) is 4.69. The van der Waals surface area contributed by atoms with Crippen molar-refractivity contribution in [3.05, 3.63) is 35.4 Å². The van der Waals surface area contributed by atoms with Crippen LogP contribution in [0.3, 0.4) is 0 Å². The van der Waals surface area contributed by atoms with E-state index >= 15 is 0 Å². The summed E-state index contributed by atoms with van der Waals surface area (Å²) in [4.78, 5) is 0. The Morgan fingerprint density at radius 3 is 2.77 bits per heavy atom. The third-order valence-electron chi connectivity index (χ3n) is 1.92. The van der Waals surface area contributed by atoms with Gasteiger partial charge in [0.25, 0.3) is 0 Å². The van der Waals surface area contributed by atoms with Gasteiger partial charge < -0.3 is 0 Å². The molecule has 0 amide bonds. The first-order chi connectivity index (χ1) is 6.25. The van der Waals surface area contributed by atoms with Crippen LogP contribution in [-0.2, 0) is 5.75 Å². The average Bonchev–Trinajstić information content (AvgIpc) is 2.15. The molecule has 0 bridgehead atoms. The van der Waals surface area contributed by atoms with Gasteiger partial charge in [-0.1, -0.05) is 0 Å². The molecule has 1 aromatic carbocycles. The third kappa shape index (κ3) is 3.52. The second-order valence-corrected chi connectivity index (χ2v) is 6.89. The van der Waals surface area contributed by atoms with Gasteiger partial charge in [-0.05, 0) is 0 Å². The number of benzene rings is 1. The zero-order chi connectivity index (χ0) is 9.68. The van der Waals surface area contributed by atoms with Crippen molar-refractivity contribution >= 4 is 34.3 Å². The predicted molar refractivity (Wildman–Crippen MR) is 62.4 cm³/mol. The molecule has 0 saturated carbocycles. The van der Waals surface area contributed by atoms with Crippen LogP contribution in [0.4, 0.5) is 0 Å². The van der Waals surface area contributed by atoms with Crippen molar-refractivity contribution in [2.45, 2.75) is 18.7 Å². The number of rotatable bonds is 4. The van der Waals surface area contributed by atoms with Gasteiger partial charge in [-0.15, -0.1) is 0 Å². The van der Waals surface area contributed by atoms with Crippen molar-refractivity contribution in [3.8, 4) is 0 Å². The zero-order valence-electron chi connectivity index (χ0n) is 7.86. The molecule has 2 N–H and O–H groups in total. The Labute approximate surface area is 97.6 Å². The molecule has 1 atom stereocenters. The summed E-state index contributed by atoms with van der Waals surface area (Å²) >= 11 is 3.33. The molecular weight excluding hydrogens is 285 g/mol. The van der Waals surface area contributed by atoms with Gasteiger partial charge in [0.05, 0.1) is 0 Å². The first-order valence-electron chi connectivity index (χ1n) is 4.37. The monoisotopic (exact) mass is 301 g/mol. The summed E-state index contributed by atoms with van der Waals surface area (Å²) < 4.78 is 1.29. The normalized spacial score (nSPS) is 12.8. The number of nitrogens with two attached hydrogens (primary N) is 1. The molecule has 1 rings (SSSR count). The number of hydrogen-bond acceptors (Lipinski definition) is 2. The predicted octanol–water partition coefficient (Wildman–Crippen LogP) is 1.80. The van der Waals surface area contributed by atoms with E-state index in [1.54, 1.807) is 0 Å². The molecule has 2 radical (unpaired) electrons. The van der Waals surface area contributed by atoms with E-state index in [0.29, 0.717) is 0 Å². The first-order valence-corrected chi connectivity index (χ1v) is 7.85. The molecule has 0 fully saturated rings. The van der Waals surface area contributed by atoms with E-state index in [4.69, 9.17) is 5.73 Å². The molecular formula is C10H15NSSn. The molecule has 0 heterocycles. The maximum atomic E-state index is 5.89. The molecule has 0 aliphatic heterocycles. The van der Waals surface area contributed by atoms with Crippen LogP contribution >= 0.6 is 11.8 Å². The van der Waals surface area contributed by atoms with Crippen LogP contribution in [-0.4, -0.2) is 26.3 Å². The Morgan fingerprint density at radius 1 is 1.46 bits per heavy atom. The van der Waals surface area contributed by atoms with Crippen LogP contribution in [0.1, 0.15) is 24.1 Å². The molecule has 0 aliphatic carbocycles. The van der Waals surface area contributed by atoms with E-state index < -0.39 is 0 Å². The molecule has 1 aromatic rings. The van der Waals surface area contributed by atoms with Gasteiger partial charge >= 0.3 is 97.9 Å². The molecule has 70 valence electrons.